The predicted molar refractivity (Wildman–Crippen MR) is 50.0 cm³/mol. The summed E-state index contributed by atoms with van der Waals surface area (Å²) in [7, 11) is 0. The second-order valence-corrected chi connectivity index (χ2v) is 3.03. The van der Waals surface area contributed by atoms with Gasteiger partial charge in [-0.3, -0.25) is 10.2 Å². The maximum atomic E-state index is 11.3. The molecule has 1 aliphatic heterocycles. The van der Waals surface area contributed by atoms with E-state index in [-0.39, 0.29) is 11.8 Å². The van der Waals surface area contributed by atoms with Gasteiger partial charge < -0.3 is 5.32 Å². The van der Waals surface area contributed by atoms with Crippen LogP contribution in [0, 0.1) is 0 Å². The van der Waals surface area contributed by atoms with Gasteiger partial charge in [-0.2, -0.15) is 0 Å². The van der Waals surface area contributed by atoms with Crippen LogP contribution in [0.25, 0.3) is 0 Å². The molecule has 0 aromatic heterocycles. The van der Waals surface area contributed by atoms with Crippen molar-refractivity contribution in [2.75, 3.05) is 11.9 Å². The zero-order valence-electron chi connectivity index (χ0n) is 7.08. The van der Waals surface area contributed by atoms with Crippen LogP contribution in [0.3, 0.4) is 0 Å². The highest BCUT2D eigenvalue weighted by molar-refractivity contribution is 5.87. The minimum atomic E-state index is -0.152. The molecular weight excluding hydrogens is 166 g/mol. The highest BCUT2D eigenvalue weighted by Crippen LogP contribution is 2.30. The SMILES string of the molecule is NNC(=O)C1CNc2ccccc21. The molecule has 4 nitrogen and oxygen atoms in total. The number of fused-ring (bicyclic) bond motifs is 1. The van der Waals surface area contributed by atoms with Crippen molar-refractivity contribution in [2.45, 2.75) is 5.92 Å². The average molecular weight is 177 g/mol. The van der Waals surface area contributed by atoms with Crippen molar-refractivity contribution in [1.82, 2.24) is 5.43 Å². The van der Waals surface area contributed by atoms with Gasteiger partial charge in [0.05, 0.1) is 5.92 Å². The summed E-state index contributed by atoms with van der Waals surface area (Å²) in [6.45, 7) is 0.627. The molecule has 0 radical (unpaired) electrons. The monoisotopic (exact) mass is 177 g/mol. The second kappa shape index (κ2) is 3.06. The lowest BCUT2D eigenvalue weighted by molar-refractivity contribution is -0.122. The van der Waals surface area contributed by atoms with E-state index in [9.17, 15) is 4.79 Å². The molecular formula is C9H11N3O. The van der Waals surface area contributed by atoms with Gasteiger partial charge in [-0.05, 0) is 11.6 Å². The molecule has 0 saturated heterocycles. The first-order valence-electron chi connectivity index (χ1n) is 4.16. The Morgan fingerprint density at radius 1 is 1.54 bits per heavy atom. The Hall–Kier alpha value is -1.55. The van der Waals surface area contributed by atoms with Crippen LogP contribution < -0.4 is 16.6 Å². The molecule has 13 heavy (non-hydrogen) atoms. The van der Waals surface area contributed by atoms with E-state index in [1.807, 2.05) is 24.3 Å². The first-order chi connectivity index (χ1) is 6.33. The number of hydrogen-bond donors (Lipinski definition) is 3. The fraction of sp³-hybridized carbons (Fsp3) is 0.222. The number of nitrogens with two attached hydrogens (primary N) is 1. The Balaban J connectivity index is 2.33. The third kappa shape index (κ3) is 1.25. The Kier molecular flexibility index (Phi) is 1.90. The molecule has 1 heterocycles. The lowest BCUT2D eigenvalue weighted by atomic mass is 10.0. The van der Waals surface area contributed by atoms with Crippen molar-refractivity contribution in [3.05, 3.63) is 29.8 Å². The van der Waals surface area contributed by atoms with E-state index >= 15 is 0 Å². The molecule has 0 fully saturated rings. The van der Waals surface area contributed by atoms with E-state index < -0.39 is 0 Å². The van der Waals surface area contributed by atoms with Crippen molar-refractivity contribution >= 4 is 11.6 Å². The van der Waals surface area contributed by atoms with Gasteiger partial charge in [0.25, 0.3) is 0 Å². The van der Waals surface area contributed by atoms with Gasteiger partial charge in [0.1, 0.15) is 0 Å². The minimum absolute atomic E-state index is 0.141. The molecule has 1 amide bonds. The summed E-state index contributed by atoms with van der Waals surface area (Å²) in [6.07, 6.45) is 0. The smallest absolute Gasteiger partial charge is 0.243 e. The number of carbonyl (C=O) groups excluding carboxylic acids is 1. The highest BCUT2D eigenvalue weighted by Gasteiger charge is 2.27. The van der Waals surface area contributed by atoms with Gasteiger partial charge in [0, 0.05) is 12.2 Å². The van der Waals surface area contributed by atoms with Crippen molar-refractivity contribution in [1.29, 1.82) is 0 Å². The molecule has 1 unspecified atom stereocenters. The number of nitrogens with one attached hydrogen (secondary N) is 2. The van der Waals surface area contributed by atoms with Gasteiger partial charge in [0.15, 0.2) is 0 Å². The zero-order valence-corrected chi connectivity index (χ0v) is 7.08. The van der Waals surface area contributed by atoms with E-state index in [4.69, 9.17) is 5.84 Å². The van der Waals surface area contributed by atoms with Crippen molar-refractivity contribution < 1.29 is 4.79 Å². The second-order valence-electron chi connectivity index (χ2n) is 3.03. The lowest BCUT2D eigenvalue weighted by Gasteiger charge is -2.06. The normalized spacial score (nSPS) is 19.0. The Labute approximate surface area is 76.1 Å². The van der Waals surface area contributed by atoms with E-state index in [0.29, 0.717) is 6.54 Å². The Bertz CT molecular complexity index is 337. The van der Waals surface area contributed by atoms with Crippen LogP contribution in [0.15, 0.2) is 24.3 Å². The van der Waals surface area contributed by atoms with Gasteiger partial charge in [0.2, 0.25) is 5.91 Å². The molecule has 1 aromatic rings. The summed E-state index contributed by atoms with van der Waals surface area (Å²) in [5.41, 5.74) is 4.21. The number of carbonyl (C=O) groups is 1. The minimum Gasteiger partial charge on any atom is -0.384 e. The predicted octanol–water partition coefficient (Wildman–Crippen LogP) is 0.186. The maximum Gasteiger partial charge on any atom is 0.243 e. The topological polar surface area (TPSA) is 67.1 Å². The molecule has 0 aliphatic carbocycles. The van der Waals surface area contributed by atoms with Crippen molar-refractivity contribution in [3.8, 4) is 0 Å². The largest absolute Gasteiger partial charge is 0.384 e. The summed E-state index contributed by atoms with van der Waals surface area (Å²) >= 11 is 0. The van der Waals surface area contributed by atoms with Crippen LogP contribution >= 0.6 is 0 Å². The van der Waals surface area contributed by atoms with E-state index in [1.165, 1.54) is 0 Å². The molecule has 4 N–H and O–H groups in total. The molecule has 0 spiro atoms. The van der Waals surface area contributed by atoms with Crippen LogP contribution in [0.4, 0.5) is 5.69 Å². The zero-order chi connectivity index (χ0) is 9.26. The summed E-state index contributed by atoms with van der Waals surface area (Å²) in [5.74, 6) is 4.79. The third-order valence-electron chi connectivity index (χ3n) is 2.29. The van der Waals surface area contributed by atoms with Crippen LogP contribution in [-0.4, -0.2) is 12.5 Å². The standard InChI is InChI=1S/C9H11N3O/c10-12-9(13)7-5-11-8-4-2-1-3-6(7)8/h1-4,7,11H,5,10H2,(H,12,13). The molecule has 2 rings (SSSR count). The average Bonchev–Trinajstić information content (AvgIpc) is 2.60. The summed E-state index contributed by atoms with van der Waals surface area (Å²) in [6, 6.07) is 7.76. The highest BCUT2D eigenvalue weighted by atomic mass is 16.2. The molecule has 1 aliphatic rings. The molecule has 0 bridgehead atoms. The first-order valence-corrected chi connectivity index (χ1v) is 4.16. The number of rotatable bonds is 1. The maximum absolute atomic E-state index is 11.3. The number of anilines is 1. The third-order valence-corrected chi connectivity index (χ3v) is 2.29. The van der Waals surface area contributed by atoms with E-state index in [1.54, 1.807) is 0 Å². The number of benzene rings is 1. The van der Waals surface area contributed by atoms with Crippen LogP contribution in [0.2, 0.25) is 0 Å². The Morgan fingerprint density at radius 3 is 3.08 bits per heavy atom. The summed E-state index contributed by atoms with van der Waals surface area (Å²) in [4.78, 5) is 11.3. The molecule has 68 valence electrons. The fourth-order valence-electron chi connectivity index (χ4n) is 1.62. The summed E-state index contributed by atoms with van der Waals surface area (Å²) < 4.78 is 0. The van der Waals surface area contributed by atoms with Gasteiger partial charge in [-0.15, -0.1) is 0 Å². The molecule has 4 heteroatoms. The van der Waals surface area contributed by atoms with Crippen LogP contribution in [0.1, 0.15) is 11.5 Å². The van der Waals surface area contributed by atoms with E-state index in [2.05, 4.69) is 10.7 Å². The van der Waals surface area contributed by atoms with Crippen molar-refractivity contribution in [3.63, 3.8) is 0 Å². The summed E-state index contributed by atoms with van der Waals surface area (Å²) in [5, 5.41) is 3.15. The van der Waals surface area contributed by atoms with Gasteiger partial charge in [-0.1, -0.05) is 18.2 Å². The van der Waals surface area contributed by atoms with Gasteiger partial charge >= 0.3 is 0 Å². The first kappa shape index (κ1) is 8.07. The van der Waals surface area contributed by atoms with Crippen molar-refractivity contribution in [2.24, 2.45) is 5.84 Å². The quantitative estimate of drug-likeness (QED) is 0.326. The Morgan fingerprint density at radius 2 is 2.31 bits per heavy atom. The number of amides is 1. The lowest BCUT2D eigenvalue weighted by Crippen LogP contribution is -2.35. The van der Waals surface area contributed by atoms with Crippen LogP contribution in [0.5, 0.6) is 0 Å². The van der Waals surface area contributed by atoms with E-state index in [0.717, 1.165) is 11.3 Å². The molecule has 0 saturated carbocycles. The number of hydrazine groups is 1. The molecule has 1 atom stereocenters. The fourth-order valence-corrected chi connectivity index (χ4v) is 1.62. The number of para-hydroxylation sites is 1. The number of hydrogen-bond acceptors (Lipinski definition) is 3. The van der Waals surface area contributed by atoms with Crippen LogP contribution in [-0.2, 0) is 4.79 Å². The van der Waals surface area contributed by atoms with Gasteiger partial charge in [-0.25, -0.2) is 5.84 Å². The molecule has 1 aromatic carbocycles.